The first kappa shape index (κ1) is 112. The Labute approximate surface area is 830 Å². The van der Waals surface area contributed by atoms with Gasteiger partial charge in [0.05, 0.1) is 82.2 Å². The Morgan fingerprint density at radius 1 is 0.553 bits per heavy atom. The van der Waals surface area contributed by atoms with E-state index in [1.54, 1.807) is 35.6 Å². The normalized spacial score (nSPS) is 17.1. The van der Waals surface area contributed by atoms with Crippen molar-refractivity contribution in [3.8, 4) is 21.3 Å². The maximum Gasteiger partial charge on any atom is 1.00 e. The zero-order valence-electron chi connectivity index (χ0n) is 71.1. The molecular formula is C82H127AlBrCl2F2K2LiN2O16S5. The van der Waals surface area contributed by atoms with E-state index in [4.69, 9.17) is 85.3 Å². The second kappa shape index (κ2) is 77.8. The van der Waals surface area contributed by atoms with Gasteiger partial charge in [-0.2, -0.15) is 5.26 Å². The third kappa shape index (κ3) is 56.0. The van der Waals surface area contributed by atoms with E-state index in [1.165, 1.54) is 264 Å². The zero-order chi connectivity index (χ0) is 81.5. The van der Waals surface area contributed by atoms with E-state index in [0.717, 1.165) is 89.5 Å². The van der Waals surface area contributed by atoms with Crippen molar-refractivity contribution >= 4 is 143 Å². The van der Waals surface area contributed by atoms with Gasteiger partial charge in [0.15, 0.2) is 38.3 Å². The van der Waals surface area contributed by atoms with Gasteiger partial charge in [-0.1, -0.05) is 177 Å². The number of esters is 2. The Bertz CT molecular complexity index is 3210. The fraction of sp³-hybridized carbons (Fsp3) is 0.683. The number of hydrogen-bond acceptors (Lipinski definition) is 22. The number of hydrogen-bond donors (Lipinski definition) is 3. The van der Waals surface area contributed by atoms with Gasteiger partial charge in [-0.15, -0.1) is 34.0 Å². The number of halogens is 5. The summed E-state index contributed by atoms with van der Waals surface area (Å²) in [6.45, 7) is 7.84. The first-order valence-corrected chi connectivity index (χ1v) is 45.2. The number of nitrogens with zero attached hydrogens (tertiary/aromatic N) is 1. The van der Waals surface area contributed by atoms with Crippen LogP contribution in [0.15, 0.2) is 60.7 Å². The Morgan fingerprint density at radius 3 is 1.15 bits per heavy atom. The van der Waals surface area contributed by atoms with Crippen molar-refractivity contribution in [2.24, 2.45) is 41.2 Å². The number of carbonyl (C=O) groups excluding carboxylic acids is 4. The Balaban J connectivity index is -0.000000635. The molecule has 114 heavy (non-hydrogen) atoms. The van der Waals surface area contributed by atoms with Crippen LogP contribution < -0.4 is 147 Å². The van der Waals surface area contributed by atoms with Crippen LogP contribution in [0.2, 0.25) is 8.67 Å². The van der Waals surface area contributed by atoms with Crippen LogP contribution in [0.3, 0.4) is 0 Å². The van der Waals surface area contributed by atoms with E-state index < -0.39 is 26.4 Å². The number of rotatable bonds is 23. The molecule has 6 saturated carbocycles. The molecule has 32 heteroatoms. The zero-order valence-corrected chi connectivity index (χ0v) is 80.5. The number of ketones is 1. The molecule has 4 N–H and O–H groups in total. The molecule has 8 fully saturated rings. The maximum atomic E-state index is 12.1. The minimum atomic E-state index is -1.00. The number of carbonyl (C=O) groups is 5. The van der Waals surface area contributed by atoms with Gasteiger partial charge in [-0.3, -0.25) is 18.4 Å². The number of thiophene rings is 5. The predicted octanol–water partition coefficient (Wildman–Crippen LogP) is 12.8. The second-order valence-electron chi connectivity index (χ2n) is 27.9. The standard InChI is InChI=1S/C19H28O3S.C14H23NO2S.C14H17NO2S.C12H15ClO2S.C7H13Br.C5H3ClO2S.2C4H8O.2CH3F.CH2O3.Al.2K.Li.5H/c20-19(22-14-16-9-5-2-6-10-16)17-11-12-18(23-17)21-13-15-7-3-1-4-8-15;2*15-9-8-12(16)13-6-7-14(18-13)17-10-11-4-2-1-3-5-11;13-11-7-6-10(16-11)12(14)15-8-9-4-2-1-3-5-9;8-6-7-4-2-1-3-5-7;6-4-2-1-3(9-4)5(7)8;2*1-2-4-5-3-1;2*1-2;2-1-4-3;;;;;;;;;/h11-12,15-16H,1-10,13-14H2;6-7,11-12,16H,1-5,8-10,15H2;6-7,11H,1-5,8,10H2;6-7,9H,1-5,8H2;7H,1-6H2;1-2H,(H,7,8);2*1-4H2;2*1H3;1,3H;;;;;;;;;/q;;;;;;;;;;;;3*+1;;;;2*-1/p-1/i;;;;;;;;2*1D;;;;;;;;;;. The molecule has 0 aromatic carbocycles. The van der Waals surface area contributed by atoms with Crippen molar-refractivity contribution < 1.29 is 213 Å². The summed E-state index contributed by atoms with van der Waals surface area (Å²) in [7, 11) is -2.00. The summed E-state index contributed by atoms with van der Waals surface area (Å²) >= 11 is 21.4. The average molecular weight is 1860 g/mol. The van der Waals surface area contributed by atoms with Crippen LogP contribution in [0.5, 0.6) is 15.2 Å². The van der Waals surface area contributed by atoms with Crippen LogP contribution in [-0.2, 0) is 28.6 Å². The Kier molecular flexibility index (Phi) is 76.5. The number of carboxylic acid groups (broad SMARTS) is 1. The summed E-state index contributed by atoms with van der Waals surface area (Å²) in [4.78, 5) is 59.8. The summed E-state index contributed by atoms with van der Waals surface area (Å²) in [5, 5.41) is 38.9. The summed E-state index contributed by atoms with van der Waals surface area (Å²) in [5.74, 6) is 2.74. The molecule has 7 heterocycles. The third-order valence-corrected chi connectivity index (χ3v) is 25.8. The van der Waals surface area contributed by atoms with Gasteiger partial charge in [-0.05, 0) is 212 Å². The van der Waals surface area contributed by atoms with E-state index in [-0.39, 0.29) is 177 Å². The molecule has 6 aliphatic carbocycles. The van der Waals surface area contributed by atoms with Gasteiger partial charge in [0.1, 0.15) is 14.6 Å². The van der Waals surface area contributed by atoms with Gasteiger partial charge in [-0.25, -0.2) is 14.4 Å². The van der Waals surface area contributed by atoms with Gasteiger partial charge in [0.25, 0.3) is 6.47 Å². The van der Waals surface area contributed by atoms with E-state index in [0.29, 0.717) is 73.2 Å². The molecule has 0 bridgehead atoms. The molecule has 632 valence electrons. The summed E-state index contributed by atoms with van der Waals surface area (Å²) in [6, 6.07) is 19.6. The number of Topliss-reactive ketones (excluding diaryl/α,β-unsaturated/α-hetero) is 1. The summed E-state index contributed by atoms with van der Waals surface area (Å²) < 4.78 is 70.3. The van der Waals surface area contributed by atoms with E-state index in [1.807, 2.05) is 36.4 Å². The number of aromatic carboxylic acids is 1. The van der Waals surface area contributed by atoms with Crippen LogP contribution in [0, 0.1) is 46.8 Å². The molecule has 0 spiro atoms. The van der Waals surface area contributed by atoms with Crippen LogP contribution in [-0.4, -0.2) is 143 Å². The molecule has 1 unspecified atom stereocenters. The average Bonchev–Trinajstić information content (AvgIpc) is 1.75. The molecule has 8 aliphatic rings. The molecule has 2 aliphatic heterocycles. The molecule has 18 nitrogen and oxygen atoms in total. The van der Waals surface area contributed by atoms with Crippen molar-refractivity contribution in [3.63, 3.8) is 0 Å². The van der Waals surface area contributed by atoms with Crippen molar-refractivity contribution in [1.29, 1.82) is 5.26 Å². The number of ether oxygens (including phenoxy) is 7. The van der Waals surface area contributed by atoms with Gasteiger partial charge in [0, 0.05) is 36.6 Å². The quantitative estimate of drug-likeness (QED) is 0.0104. The SMILES string of the molecule is BrCC1CCCCC1.C1CCOC1.C1CCOC1.N#CCC(=O)c1ccc(OCC2CCCCC2)s1.NCCC(O)c1ccc(OCC2CCCCC2)s1.O=C(O)c1ccc(Cl)s1.O=C(OCC1CCCCC1)c1ccc(Cl)s1.O=C(OCC1CCCCC1)c1ccc(OCC2CCCCC2)s1.O=CO[O-].[2H]CF.[2H]CF.[AlH3].[H-].[H-].[K+].[K+].[Li+]. The topological polar surface area (TPSA) is 273 Å². The van der Waals surface area contributed by atoms with Crippen molar-refractivity contribution in [2.45, 2.75) is 237 Å². The van der Waals surface area contributed by atoms with Crippen LogP contribution in [0.25, 0.3) is 0 Å². The smallest absolute Gasteiger partial charge is 1.00 e. The first-order chi connectivity index (χ1) is 54.5. The van der Waals surface area contributed by atoms with E-state index >= 15 is 0 Å². The van der Waals surface area contributed by atoms with Crippen LogP contribution in [0.4, 0.5) is 8.78 Å². The van der Waals surface area contributed by atoms with Gasteiger partial charge < -0.3 is 62.1 Å². The second-order valence-corrected chi connectivity index (χ2v) is 35.1. The molecule has 0 radical (unpaired) electrons. The van der Waals surface area contributed by atoms with Crippen molar-refractivity contribution in [3.05, 3.63) is 93.7 Å². The molecule has 5 aromatic rings. The number of aliphatic hydroxyl groups is 1. The molecule has 2 saturated heterocycles. The molecular weight excluding hydrogens is 1730 g/mol. The van der Waals surface area contributed by atoms with Crippen LogP contribution >= 0.6 is 95.8 Å². The third-order valence-electron chi connectivity index (χ3n) is 19.4. The minimum Gasteiger partial charge on any atom is -1.00 e. The van der Waals surface area contributed by atoms with Crippen molar-refractivity contribution in [2.75, 3.05) is 85.6 Å². The maximum absolute atomic E-state index is 12.1. The number of carboxylic acids is 1. The molecule has 5 aromatic heterocycles. The Hall–Kier alpha value is 0.0626. The fourth-order valence-corrected chi connectivity index (χ4v) is 18.1. The van der Waals surface area contributed by atoms with E-state index in [9.17, 15) is 33.1 Å². The molecule has 13 rings (SSSR count). The molecule has 0 amide bonds. The van der Waals surface area contributed by atoms with Crippen molar-refractivity contribution in [1.82, 2.24) is 0 Å². The first-order valence-electron chi connectivity index (χ1n) is 40.6. The summed E-state index contributed by atoms with van der Waals surface area (Å²) in [6.07, 6.45) is 44.9. The Morgan fingerprint density at radius 2 is 0.860 bits per heavy atom. The van der Waals surface area contributed by atoms with Crippen LogP contribution in [0.1, 0.15) is 286 Å². The molecule has 1 atom stereocenters. The van der Waals surface area contributed by atoms with Gasteiger partial charge >= 0.3 is 140 Å². The number of nitrogens with two attached hydrogens (primary N) is 1. The largest absolute Gasteiger partial charge is 1.00 e. The predicted molar refractivity (Wildman–Crippen MR) is 456 cm³/mol. The fourth-order valence-electron chi connectivity index (χ4n) is 13.2. The number of alkyl halides is 3. The van der Waals surface area contributed by atoms with E-state index in [2.05, 4.69) is 20.8 Å². The van der Waals surface area contributed by atoms with Gasteiger partial charge in [0.2, 0.25) is 0 Å². The monoisotopic (exact) mass is 1860 g/mol. The summed E-state index contributed by atoms with van der Waals surface area (Å²) in [5.41, 5.74) is 5.44. The minimum absolute atomic E-state index is 0. The number of nitriles is 1. The number of aliphatic hydroxyl groups excluding tert-OH is 1.